The van der Waals surface area contributed by atoms with Crippen LogP contribution in [0.4, 0.5) is 0 Å². The molecule has 0 unspecified atom stereocenters. The predicted molar refractivity (Wildman–Crippen MR) is 55.5 cm³/mol. The number of aromatic hydroxyl groups is 2. The molecule has 4 nitrogen and oxygen atoms in total. The molecular weight excluding hydrogens is 196 g/mol. The van der Waals surface area contributed by atoms with Crippen molar-refractivity contribution in [1.29, 1.82) is 0 Å². The Labute approximate surface area is 87.4 Å². The van der Waals surface area contributed by atoms with Crippen LogP contribution < -0.4 is 4.74 Å². The molecule has 0 fully saturated rings. The fourth-order valence-corrected chi connectivity index (χ4v) is 1.20. The van der Waals surface area contributed by atoms with Crippen LogP contribution in [0.5, 0.6) is 17.2 Å². The number of ether oxygens (including phenoxy) is 1. The number of rotatable bonds is 4. The lowest BCUT2D eigenvalue weighted by Crippen LogP contribution is -2.01. The molecule has 0 atom stereocenters. The van der Waals surface area contributed by atoms with Crippen LogP contribution >= 0.6 is 0 Å². The maximum atomic E-state index is 11.2. The minimum absolute atomic E-state index is 0.0645. The van der Waals surface area contributed by atoms with E-state index in [-0.39, 0.29) is 35.2 Å². The van der Waals surface area contributed by atoms with Crippen LogP contribution in [0.3, 0.4) is 0 Å². The van der Waals surface area contributed by atoms with Gasteiger partial charge >= 0.3 is 0 Å². The molecule has 0 amide bonds. The quantitative estimate of drug-likeness (QED) is 0.585. The molecule has 0 saturated heterocycles. The molecule has 0 aromatic heterocycles. The Morgan fingerprint density at radius 2 is 2.20 bits per heavy atom. The molecule has 0 bridgehead atoms. The van der Waals surface area contributed by atoms with E-state index in [4.69, 9.17) is 4.74 Å². The van der Waals surface area contributed by atoms with Gasteiger partial charge in [-0.3, -0.25) is 4.79 Å². The standard InChI is InChI=1S/C11H12O4/c1-3-4-15-10-6-8(13)5-9(14)11(10)7(2)12/h3,5-6,13-14H,1,4H2,2H3. The number of hydrogen-bond acceptors (Lipinski definition) is 4. The van der Waals surface area contributed by atoms with E-state index in [2.05, 4.69) is 6.58 Å². The van der Waals surface area contributed by atoms with Crippen molar-refractivity contribution >= 4 is 5.78 Å². The number of hydrogen-bond donors (Lipinski definition) is 2. The lowest BCUT2D eigenvalue weighted by Gasteiger charge is -2.10. The summed E-state index contributed by atoms with van der Waals surface area (Å²) < 4.78 is 5.15. The monoisotopic (exact) mass is 208 g/mol. The second-order valence-corrected chi connectivity index (χ2v) is 2.99. The number of Topliss-reactive ketones (excluding diaryl/α,β-unsaturated/α-hetero) is 1. The van der Waals surface area contributed by atoms with Crippen LogP contribution in [0.1, 0.15) is 17.3 Å². The van der Waals surface area contributed by atoms with Gasteiger partial charge in [-0.1, -0.05) is 12.7 Å². The molecule has 0 radical (unpaired) electrons. The molecule has 1 aromatic rings. The van der Waals surface area contributed by atoms with E-state index in [1.54, 1.807) is 0 Å². The van der Waals surface area contributed by atoms with E-state index in [1.165, 1.54) is 19.1 Å². The van der Waals surface area contributed by atoms with Gasteiger partial charge in [-0.15, -0.1) is 0 Å². The highest BCUT2D eigenvalue weighted by Gasteiger charge is 2.15. The zero-order valence-electron chi connectivity index (χ0n) is 8.36. The Morgan fingerprint density at radius 1 is 1.53 bits per heavy atom. The summed E-state index contributed by atoms with van der Waals surface area (Å²) in [6.45, 7) is 4.97. The second kappa shape index (κ2) is 4.50. The van der Waals surface area contributed by atoms with Crippen LogP contribution in [0.2, 0.25) is 0 Å². The van der Waals surface area contributed by atoms with Crippen molar-refractivity contribution in [2.24, 2.45) is 0 Å². The van der Waals surface area contributed by atoms with Crippen LogP contribution in [0.15, 0.2) is 24.8 Å². The van der Waals surface area contributed by atoms with Gasteiger partial charge in [0.2, 0.25) is 0 Å². The van der Waals surface area contributed by atoms with Gasteiger partial charge in [0, 0.05) is 12.1 Å². The summed E-state index contributed by atoms with van der Waals surface area (Å²) in [6, 6.07) is 2.37. The molecule has 1 aromatic carbocycles. The van der Waals surface area contributed by atoms with E-state index in [0.29, 0.717) is 0 Å². The van der Waals surface area contributed by atoms with E-state index in [0.717, 1.165) is 6.07 Å². The van der Waals surface area contributed by atoms with Gasteiger partial charge in [0.15, 0.2) is 5.78 Å². The first-order chi connectivity index (χ1) is 7.06. The largest absolute Gasteiger partial charge is 0.508 e. The summed E-state index contributed by atoms with van der Waals surface area (Å²) in [5, 5.41) is 18.7. The normalized spacial score (nSPS) is 9.67. The first-order valence-corrected chi connectivity index (χ1v) is 4.37. The SMILES string of the molecule is C=CCOc1cc(O)cc(O)c1C(C)=O. The first kappa shape index (κ1) is 11.1. The van der Waals surface area contributed by atoms with E-state index in [9.17, 15) is 15.0 Å². The fraction of sp³-hybridized carbons (Fsp3) is 0.182. The number of ketones is 1. The van der Waals surface area contributed by atoms with Gasteiger partial charge in [-0.25, -0.2) is 0 Å². The molecule has 0 saturated carbocycles. The molecule has 15 heavy (non-hydrogen) atoms. The van der Waals surface area contributed by atoms with Crippen molar-refractivity contribution in [1.82, 2.24) is 0 Å². The molecule has 0 aliphatic heterocycles. The molecule has 0 aliphatic carbocycles. The summed E-state index contributed by atoms with van der Waals surface area (Å²) >= 11 is 0. The minimum Gasteiger partial charge on any atom is -0.508 e. The molecule has 4 heteroatoms. The Bertz CT molecular complexity index is 396. The summed E-state index contributed by atoms with van der Waals surface area (Å²) in [6.07, 6.45) is 1.50. The van der Waals surface area contributed by atoms with E-state index < -0.39 is 0 Å². The van der Waals surface area contributed by atoms with Gasteiger partial charge in [-0.2, -0.15) is 0 Å². The topological polar surface area (TPSA) is 66.8 Å². The van der Waals surface area contributed by atoms with E-state index in [1.807, 2.05) is 0 Å². The minimum atomic E-state index is -0.327. The second-order valence-electron chi connectivity index (χ2n) is 2.99. The highest BCUT2D eigenvalue weighted by Crippen LogP contribution is 2.33. The van der Waals surface area contributed by atoms with Crippen molar-refractivity contribution in [3.63, 3.8) is 0 Å². The highest BCUT2D eigenvalue weighted by atomic mass is 16.5. The van der Waals surface area contributed by atoms with Gasteiger partial charge < -0.3 is 14.9 Å². The van der Waals surface area contributed by atoms with Gasteiger partial charge in [0.05, 0.1) is 0 Å². The summed E-state index contributed by atoms with van der Waals surface area (Å²) in [7, 11) is 0. The number of phenolic OH excluding ortho intramolecular Hbond substituents is 2. The first-order valence-electron chi connectivity index (χ1n) is 4.37. The predicted octanol–water partition coefficient (Wildman–Crippen LogP) is 1.87. The zero-order valence-corrected chi connectivity index (χ0v) is 8.36. The third kappa shape index (κ3) is 2.49. The molecule has 0 heterocycles. The Kier molecular flexibility index (Phi) is 3.33. The van der Waals surface area contributed by atoms with E-state index >= 15 is 0 Å². The molecule has 1 rings (SSSR count). The maximum Gasteiger partial charge on any atom is 0.167 e. The highest BCUT2D eigenvalue weighted by molar-refractivity contribution is 5.99. The van der Waals surface area contributed by atoms with Crippen molar-refractivity contribution in [2.75, 3.05) is 6.61 Å². The Hall–Kier alpha value is -1.97. The molecule has 0 spiro atoms. The number of benzene rings is 1. The summed E-state index contributed by atoms with van der Waals surface area (Å²) in [4.78, 5) is 11.2. The molecule has 0 aliphatic rings. The van der Waals surface area contributed by atoms with Crippen LogP contribution in [-0.4, -0.2) is 22.6 Å². The third-order valence-electron chi connectivity index (χ3n) is 1.77. The number of carbonyl (C=O) groups excluding carboxylic acids is 1. The summed E-state index contributed by atoms with van der Waals surface area (Å²) in [5.74, 6) is -0.621. The van der Waals surface area contributed by atoms with Gasteiger partial charge in [0.1, 0.15) is 29.4 Å². The lowest BCUT2D eigenvalue weighted by molar-refractivity contribution is 0.101. The van der Waals surface area contributed by atoms with Gasteiger partial charge in [-0.05, 0) is 6.92 Å². The molecule has 80 valence electrons. The Morgan fingerprint density at radius 3 is 2.73 bits per heavy atom. The van der Waals surface area contributed by atoms with Gasteiger partial charge in [0.25, 0.3) is 0 Å². The molecule has 2 N–H and O–H groups in total. The fourth-order valence-electron chi connectivity index (χ4n) is 1.20. The average Bonchev–Trinajstić information content (AvgIpc) is 2.12. The molecular formula is C11H12O4. The van der Waals surface area contributed by atoms with Crippen LogP contribution in [-0.2, 0) is 0 Å². The number of carbonyl (C=O) groups is 1. The van der Waals surface area contributed by atoms with Crippen molar-refractivity contribution in [3.8, 4) is 17.2 Å². The number of phenols is 2. The van der Waals surface area contributed by atoms with Crippen molar-refractivity contribution in [3.05, 3.63) is 30.4 Å². The zero-order chi connectivity index (χ0) is 11.4. The average molecular weight is 208 g/mol. The lowest BCUT2D eigenvalue weighted by atomic mass is 10.1. The third-order valence-corrected chi connectivity index (χ3v) is 1.77. The maximum absolute atomic E-state index is 11.2. The van der Waals surface area contributed by atoms with Crippen LogP contribution in [0, 0.1) is 0 Å². The smallest absolute Gasteiger partial charge is 0.167 e. The Balaban J connectivity index is 3.20. The van der Waals surface area contributed by atoms with Crippen molar-refractivity contribution in [2.45, 2.75) is 6.92 Å². The summed E-state index contributed by atoms with van der Waals surface area (Å²) in [5.41, 5.74) is 0.0645. The van der Waals surface area contributed by atoms with Crippen LogP contribution in [0.25, 0.3) is 0 Å². The van der Waals surface area contributed by atoms with Crippen molar-refractivity contribution < 1.29 is 19.7 Å².